The minimum atomic E-state index is -0.699. The normalized spacial score (nSPS) is 17.1. The zero-order valence-electron chi connectivity index (χ0n) is 10.6. The topological polar surface area (TPSA) is 106 Å². The van der Waals surface area contributed by atoms with Gasteiger partial charge in [-0.1, -0.05) is 6.92 Å². The van der Waals surface area contributed by atoms with Crippen LogP contribution in [0.2, 0.25) is 0 Å². The molecule has 19 heavy (non-hydrogen) atoms. The number of carbonyl (C=O) groups excluding carboxylic acids is 3. The predicted octanol–water partition coefficient (Wildman–Crippen LogP) is 0.119. The van der Waals surface area contributed by atoms with E-state index < -0.39 is 11.8 Å². The number of nitrogens with two attached hydrogens (primary N) is 2. The Hall–Kier alpha value is -2.37. The predicted molar refractivity (Wildman–Crippen MR) is 68.6 cm³/mol. The van der Waals surface area contributed by atoms with E-state index in [9.17, 15) is 14.4 Å². The average Bonchev–Trinajstić information content (AvgIpc) is 3.16. The van der Waals surface area contributed by atoms with E-state index in [2.05, 4.69) is 0 Å². The van der Waals surface area contributed by atoms with Gasteiger partial charge >= 0.3 is 0 Å². The van der Waals surface area contributed by atoms with E-state index in [1.165, 1.54) is 18.2 Å². The molecule has 6 heteroatoms. The SMILES string of the molecule is CCC1CN1C(=O)c1cc(C(N)=O)cc(C(N)=O)c1. The highest BCUT2D eigenvalue weighted by atomic mass is 16.2. The van der Waals surface area contributed by atoms with E-state index in [4.69, 9.17) is 11.5 Å². The highest BCUT2D eigenvalue weighted by molar-refractivity contribution is 6.04. The van der Waals surface area contributed by atoms with E-state index in [0.717, 1.165) is 6.42 Å². The summed E-state index contributed by atoms with van der Waals surface area (Å²) in [5.74, 6) is -1.61. The molecule has 1 atom stereocenters. The quantitative estimate of drug-likeness (QED) is 0.751. The first-order chi connectivity index (χ1) is 8.93. The molecule has 100 valence electrons. The van der Waals surface area contributed by atoms with Crippen LogP contribution in [0.1, 0.15) is 44.4 Å². The van der Waals surface area contributed by atoms with Crippen LogP contribution in [0, 0.1) is 0 Å². The van der Waals surface area contributed by atoms with Gasteiger partial charge in [0, 0.05) is 29.3 Å². The monoisotopic (exact) mass is 261 g/mol. The lowest BCUT2D eigenvalue weighted by atomic mass is 10.0. The number of nitrogens with zero attached hydrogens (tertiary/aromatic N) is 1. The Morgan fingerprint density at radius 2 is 1.58 bits per heavy atom. The lowest BCUT2D eigenvalue weighted by molar-refractivity contribution is 0.0873. The summed E-state index contributed by atoms with van der Waals surface area (Å²) in [5.41, 5.74) is 10.8. The van der Waals surface area contributed by atoms with Gasteiger partial charge in [-0.05, 0) is 24.6 Å². The number of primary amides is 2. The maximum atomic E-state index is 12.1. The number of benzene rings is 1. The summed E-state index contributed by atoms with van der Waals surface area (Å²) in [5, 5.41) is 0. The third-order valence-corrected chi connectivity index (χ3v) is 3.20. The summed E-state index contributed by atoms with van der Waals surface area (Å²) < 4.78 is 0. The van der Waals surface area contributed by atoms with E-state index in [0.29, 0.717) is 6.54 Å². The molecule has 1 saturated heterocycles. The zero-order valence-corrected chi connectivity index (χ0v) is 10.6. The Kier molecular flexibility index (Phi) is 3.25. The maximum Gasteiger partial charge on any atom is 0.254 e. The Labute approximate surface area is 110 Å². The number of rotatable bonds is 4. The maximum absolute atomic E-state index is 12.1. The Bertz CT molecular complexity index is 536. The fourth-order valence-electron chi connectivity index (χ4n) is 1.98. The van der Waals surface area contributed by atoms with Gasteiger partial charge in [0.05, 0.1) is 0 Å². The number of carbonyl (C=O) groups is 3. The Morgan fingerprint density at radius 3 is 1.95 bits per heavy atom. The molecule has 1 heterocycles. The second kappa shape index (κ2) is 4.72. The van der Waals surface area contributed by atoms with Crippen molar-refractivity contribution in [2.75, 3.05) is 6.54 Å². The molecule has 3 amide bonds. The summed E-state index contributed by atoms with van der Waals surface area (Å²) in [6, 6.07) is 4.31. The van der Waals surface area contributed by atoms with Crippen molar-refractivity contribution in [3.63, 3.8) is 0 Å². The van der Waals surface area contributed by atoms with Crippen LogP contribution in [-0.2, 0) is 0 Å². The van der Waals surface area contributed by atoms with Crippen molar-refractivity contribution < 1.29 is 14.4 Å². The largest absolute Gasteiger partial charge is 0.366 e. The summed E-state index contributed by atoms with van der Waals surface area (Å²) in [6.07, 6.45) is 0.879. The van der Waals surface area contributed by atoms with Crippen LogP contribution < -0.4 is 11.5 Å². The lowest BCUT2D eigenvalue weighted by Crippen LogP contribution is -2.19. The van der Waals surface area contributed by atoms with Crippen molar-refractivity contribution in [2.24, 2.45) is 11.5 Å². The molecule has 1 aliphatic heterocycles. The molecule has 0 saturated carbocycles. The molecule has 2 rings (SSSR count). The van der Waals surface area contributed by atoms with E-state index in [-0.39, 0.29) is 28.6 Å². The van der Waals surface area contributed by atoms with Gasteiger partial charge in [0.15, 0.2) is 0 Å². The molecule has 6 nitrogen and oxygen atoms in total. The molecule has 0 spiro atoms. The van der Waals surface area contributed by atoms with Crippen molar-refractivity contribution in [3.05, 3.63) is 34.9 Å². The average molecular weight is 261 g/mol. The smallest absolute Gasteiger partial charge is 0.254 e. The molecule has 0 radical (unpaired) electrons. The van der Waals surface area contributed by atoms with Gasteiger partial charge in [-0.3, -0.25) is 14.4 Å². The van der Waals surface area contributed by atoms with Gasteiger partial charge < -0.3 is 16.4 Å². The van der Waals surface area contributed by atoms with Gasteiger partial charge in [-0.15, -0.1) is 0 Å². The third-order valence-electron chi connectivity index (χ3n) is 3.20. The summed E-state index contributed by atoms with van der Waals surface area (Å²) >= 11 is 0. The molecule has 1 fully saturated rings. The van der Waals surface area contributed by atoms with Gasteiger partial charge in [-0.2, -0.15) is 0 Å². The van der Waals surface area contributed by atoms with Crippen LogP contribution >= 0.6 is 0 Å². The minimum Gasteiger partial charge on any atom is -0.366 e. The molecule has 1 unspecified atom stereocenters. The summed E-state index contributed by atoms with van der Waals surface area (Å²) in [6.45, 7) is 2.69. The number of hydrogen-bond acceptors (Lipinski definition) is 3. The fourth-order valence-corrected chi connectivity index (χ4v) is 1.98. The van der Waals surface area contributed by atoms with Crippen LogP contribution in [0.3, 0.4) is 0 Å². The highest BCUT2D eigenvalue weighted by Gasteiger charge is 2.37. The fraction of sp³-hybridized carbons (Fsp3) is 0.308. The molecule has 1 aliphatic rings. The molecule has 4 N–H and O–H groups in total. The molecule has 0 aliphatic carbocycles. The Balaban J connectivity index is 2.37. The second-order valence-electron chi connectivity index (χ2n) is 4.55. The molecule has 1 aromatic rings. The molecule has 1 aromatic carbocycles. The number of hydrogen-bond donors (Lipinski definition) is 2. The van der Waals surface area contributed by atoms with Crippen molar-refractivity contribution in [1.29, 1.82) is 0 Å². The van der Waals surface area contributed by atoms with Gasteiger partial charge in [-0.25, -0.2) is 0 Å². The first kappa shape index (κ1) is 13.1. The number of amides is 3. The third kappa shape index (κ3) is 2.57. The molecular formula is C13H15N3O3. The van der Waals surface area contributed by atoms with Crippen LogP contribution in [-0.4, -0.2) is 35.2 Å². The van der Waals surface area contributed by atoms with Crippen molar-refractivity contribution >= 4 is 17.7 Å². The Morgan fingerprint density at radius 1 is 1.11 bits per heavy atom. The van der Waals surface area contributed by atoms with Crippen molar-refractivity contribution in [2.45, 2.75) is 19.4 Å². The zero-order chi connectivity index (χ0) is 14.2. The van der Waals surface area contributed by atoms with E-state index >= 15 is 0 Å². The van der Waals surface area contributed by atoms with Crippen molar-refractivity contribution in [3.8, 4) is 0 Å². The molecule has 0 bridgehead atoms. The molecule has 0 aromatic heterocycles. The minimum absolute atomic E-state index is 0.106. The summed E-state index contributed by atoms with van der Waals surface area (Å²) in [7, 11) is 0. The van der Waals surface area contributed by atoms with Gasteiger partial charge in [0.2, 0.25) is 11.8 Å². The van der Waals surface area contributed by atoms with Crippen LogP contribution in [0.15, 0.2) is 18.2 Å². The van der Waals surface area contributed by atoms with E-state index in [1.54, 1.807) is 4.90 Å². The van der Waals surface area contributed by atoms with Gasteiger partial charge in [0.25, 0.3) is 5.91 Å². The van der Waals surface area contributed by atoms with Gasteiger partial charge in [0.1, 0.15) is 0 Å². The van der Waals surface area contributed by atoms with E-state index in [1.807, 2.05) is 6.92 Å². The second-order valence-corrected chi connectivity index (χ2v) is 4.55. The van der Waals surface area contributed by atoms with Crippen LogP contribution in [0.5, 0.6) is 0 Å². The lowest BCUT2D eigenvalue weighted by Gasteiger charge is -2.07. The highest BCUT2D eigenvalue weighted by Crippen LogP contribution is 2.24. The standard InChI is InChI=1S/C13H15N3O3/c1-2-10-6-16(10)13(19)9-4-7(11(14)17)3-8(5-9)12(15)18/h3-5,10H,2,6H2,1H3,(H2,14,17)(H2,15,18). The van der Waals surface area contributed by atoms with Crippen molar-refractivity contribution in [1.82, 2.24) is 4.90 Å². The first-order valence-electron chi connectivity index (χ1n) is 5.99. The van der Waals surface area contributed by atoms with Crippen LogP contribution in [0.4, 0.5) is 0 Å². The first-order valence-corrected chi connectivity index (χ1v) is 5.99. The summed E-state index contributed by atoms with van der Waals surface area (Å²) in [4.78, 5) is 36.2. The van der Waals surface area contributed by atoms with Crippen LogP contribution in [0.25, 0.3) is 0 Å². The molecular weight excluding hydrogens is 246 g/mol.